The average Bonchev–Trinajstić information content (AvgIpc) is 2.26. The van der Waals surface area contributed by atoms with Crippen LogP contribution in [0.15, 0.2) is 0 Å². The topological polar surface area (TPSA) is 43.4 Å². The van der Waals surface area contributed by atoms with E-state index >= 15 is 0 Å². The lowest BCUT2D eigenvalue weighted by atomic mass is 9.87. The van der Waals surface area contributed by atoms with Crippen LogP contribution in [-0.2, 0) is 14.3 Å². The van der Waals surface area contributed by atoms with Gasteiger partial charge < -0.3 is 4.74 Å². The van der Waals surface area contributed by atoms with Gasteiger partial charge in [-0.2, -0.15) is 0 Å². The highest BCUT2D eigenvalue weighted by Crippen LogP contribution is 2.38. The highest BCUT2D eigenvalue weighted by molar-refractivity contribution is 6.04. The lowest BCUT2D eigenvalue weighted by Crippen LogP contribution is -2.32. The van der Waals surface area contributed by atoms with Gasteiger partial charge in [-0.05, 0) is 19.3 Å². The van der Waals surface area contributed by atoms with Crippen LogP contribution < -0.4 is 0 Å². The zero-order chi connectivity index (χ0) is 9.35. The van der Waals surface area contributed by atoms with Crippen molar-refractivity contribution in [3.8, 4) is 0 Å². The number of hydrogen-bond acceptors (Lipinski definition) is 3. The van der Waals surface area contributed by atoms with Crippen LogP contribution in [0.2, 0.25) is 0 Å². The third-order valence-electron chi connectivity index (χ3n) is 2.54. The van der Waals surface area contributed by atoms with Gasteiger partial charge >= 0.3 is 5.97 Å². The molecule has 1 rings (SSSR count). The zero-order valence-electron chi connectivity index (χ0n) is 7.72. The van der Waals surface area contributed by atoms with Gasteiger partial charge in [0.25, 0.3) is 0 Å². The first kappa shape index (κ1) is 9.23. The number of esters is 1. The number of ketones is 1. The van der Waals surface area contributed by atoms with E-state index < -0.39 is 11.4 Å². The fourth-order valence-electron chi connectivity index (χ4n) is 1.85. The molecule has 0 amide bonds. The first-order chi connectivity index (χ1) is 5.50. The summed E-state index contributed by atoms with van der Waals surface area (Å²) >= 11 is 0. The Morgan fingerprint density at radius 2 is 2.25 bits per heavy atom. The van der Waals surface area contributed by atoms with E-state index in [0.29, 0.717) is 18.8 Å². The molecule has 0 aromatic rings. The van der Waals surface area contributed by atoms with Gasteiger partial charge in [-0.15, -0.1) is 0 Å². The molecule has 2 atom stereocenters. The van der Waals surface area contributed by atoms with Gasteiger partial charge in [-0.1, -0.05) is 6.92 Å². The molecule has 1 fully saturated rings. The van der Waals surface area contributed by atoms with Crippen molar-refractivity contribution in [3.05, 3.63) is 0 Å². The summed E-state index contributed by atoms with van der Waals surface area (Å²) in [4.78, 5) is 22.7. The summed E-state index contributed by atoms with van der Waals surface area (Å²) in [6.07, 6.45) is 1.13. The van der Waals surface area contributed by atoms with Crippen LogP contribution in [0.25, 0.3) is 0 Å². The predicted octanol–water partition coefficient (Wildman–Crippen LogP) is 1.16. The van der Waals surface area contributed by atoms with E-state index in [2.05, 4.69) is 4.74 Å². The van der Waals surface area contributed by atoms with Gasteiger partial charge in [0.1, 0.15) is 11.2 Å². The number of hydrogen-bond donors (Lipinski definition) is 0. The number of methoxy groups -OCH3 is 1. The maximum atomic E-state index is 11.4. The van der Waals surface area contributed by atoms with Crippen LogP contribution in [0.5, 0.6) is 0 Å². The lowest BCUT2D eigenvalue weighted by molar-refractivity contribution is -0.155. The highest BCUT2D eigenvalue weighted by Gasteiger charge is 2.48. The third-order valence-corrected chi connectivity index (χ3v) is 2.54. The van der Waals surface area contributed by atoms with Crippen molar-refractivity contribution in [1.29, 1.82) is 0 Å². The Bertz CT molecular complexity index is 212. The van der Waals surface area contributed by atoms with Crippen molar-refractivity contribution in [2.24, 2.45) is 11.3 Å². The van der Waals surface area contributed by atoms with Crippen LogP contribution in [0.4, 0.5) is 0 Å². The second-order valence-electron chi connectivity index (χ2n) is 3.76. The van der Waals surface area contributed by atoms with Gasteiger partial charge in [-0.25, -0.2) is 0 Å². The fraction of sp³-hybridized carbons (Fsp3) is 0.778. The van der Waals surface area contributed by atoms with Gasteiger partial charge in [0.05, 0.1) is 7.11 Å². The number of carbonyl (C=O) groups excluding carboxylic acids is 2. The van der Waals surface area contributed by atoms with E-state index in [4.69, 9.17) is 0 Å². The molecule has 3 heteroatoms. The fourth-order valence-corrected chi connectivity index (χ4v) is 1.85. The second-order valence-corrected chi connectivity index (χ2v) is 3.76. The summed E-state index contributed by atoms with van der Waals surface area (Å²) in [5.41, 5.74) is -0.867. The van der Waals surface area contributed by atoms with Gasteiger partial charge in [-0.3, -0.25) is 9.59 Å². The minimum Gasteiger partial charge on any atom is -0.468 e. The SMILES string of the molecule is COC(=O)C1(C)C[C@@H](C)CC1=O. The van der Waals surface area contributed by atoms with Crippen LogP contribution in [-0.4, -0.2) is 18.9 Å². The van der Waals surface area contributed by atoms with Crippen molar-refractivity contribution < 1.29 is 14.3 Å². The first-order valence-electron chi connectivity index (χ1n) is 4.12. The van der Waals surface area contributed by atoms with Crippen molar-refractivity contribution in [1.82, 2.24) is 0 Å². The smallest absolute Gasteiger partial charge is 0.319 e. The Morgan fingerprint density at radius 3 is 2.58 bits per heavy atom. The lowest BCUT2D eigenvalue weighted by Gasteiger charge is -2.18. The Labute approximate surface area is 72.1 Å². The largest absolute Gasteiger partial charge is 0.468 e. The summed E-state index contributed by atoms with van der Waals surface area (Å²) in [5.74, 6) is -0.0692. The Hall–Kier alpha value is -0.860. The molecule has 0 aromatic heterocycles. The second kappa shape index (κ2) is 2.88. The molecule has 1 aliphatic carbocycles. The minimum absolute atomic E-state index is 0.0156. The molecule has 68 valence electrons. The van der Waals surface area contributed by atoms with Crippen LogP contribution in [0.1, 0.15) is 26.7 Å². The normalized spacial score (nSPS) is 35.2. The summed E-state index contributed by atoms with van der Waals surface area (Å²) in [7, 11) is 1.32. The van der Waals surface area contributed by atoms with E-state index in [1.807, 2.05) is 6.92 Å². The molecule has 1 aliphatic rings. The van der Waals surface area contributed by atoms with Crippen molar-refractivity contribution in [2.75, 3.05) is 7.11 Å². The standard InChI is InChI=1S/C9H14O3/c1-6-4-7(10)9(2,5-6)8(11)12-3/h6H,4-5H2,1-3H3/t6-,9?/m0/s1. The quantitative estimate of drug-likeness (QED) is 0.438. The molecule has 0 aromatic carbocycles. The molecule has 0 bridgehead atoms. The van der Waals surface area contributed by atoms with Crippen LogP contribution >= 0.6 is 0 Å². The molecule has 0 aliphatic heterocycles. The molecule has 0 spiro atoms. The maximum Gasteiger partial charge on any atom is 0.319 e. The predicted molar refractivity (Wildman–Crippen MR) is 43.5 cm³/mol. The molecule has 1 saturated carbocycles. The highest BCUT2D eigenvalue weighted by atomic mass is 16.5. The summed E-state index contributed by atoms with van der Waals surface area (Å²) in [6.45, 7) is 3.65. The van der Waals surface area contributed by atoms with Crippen LogP contribution in [0, 0.1) is 11.3 Å². The number of carbonyl (C=O) groups is 2. The number of ether oxygens (including phenoxy) is 1. The molecule has 1 unspecified atom stereocenters. The van der Waals surface area contributed by atoms with Gasteiger partial charge in [0.2, 0.25) is 0 Å². The maximum absolute atomic E-state index is 11.4. The number of rotatable bonds is 1. The molecule has 3 nitrogen and oxygen atoms in total. The van der Waals surface area contributed by atoms with E-state index in [0.717, 1.165) is 0 Å². The minimum atomic E-state index is -0.867. The average molecular weight is 170 g/mol. The summed E-state index contributed by atoms with van der Waals surface area (Å²) in [6, 6.07) is 0. The molecule has 0 N–H and O–H groups in total. The Morgan fingerprint density at radius 1 is 1.67 bits per heavy atom. The van der Waals surface area contributed by atoms with Gasteiger partial charge in [0.15, 0.2) is 0 Å². The Kier molecular flexibility index (Phi) is 2.22. The van der Waals surface area contributed by atoms with E-state index in [9.17, 15) is 9.59 Å². The molecule has 0 radical (unpaired) electrons. The summed E-state index contributed by atoms with van der Waals surface area (Å²) < 4.78 is 4.60. The molecular weight excluding hydrogens is 156 g/mol. The van der Waals surface area contributed by atoms with Crippen molar-refractivity contribution in [3.63, 3.8) is 0 Å². The van der Waals surface area contributed by atoms with Crippen molar-refractivity contribution >= 4 is 11.8 Å². The monoisotopic (exact) mass is 170 g/mol. The van der Waals surface area contributed by atoms with E-state index in [1.54, 1.807) is 6.92 Å². The Balaban J connectivity index is 2.84. The van der Waals surface area contributed by atoms with E-state index in [1.165, 1.54) is 7.11 Å². The zero-order valence-corrected chi connectivity index (χ0v) is 7.72. The number of Topliss-reactive ketones (excluding diaryl/α,β-unsaturated/α-hetero) is 1. The van der Waals surface area contributed by atoms with Gasteiger partial charge in [0, 0.05) is 6.42 Å². The molecule has 0 saturated heterocycles. The summed E-state index contributed by atoms with van der Waals surface area (Å²) in [5, 5.41) is 0. The molecular formula is C9H14O3. The van der Waals surface area contributed by atoms with Crippen molar-refractivity contribution in [2.45, 2.75) is 26.7 Å². The third kappa shape index (κ3) is 1.24. The van der Waals surface area contributed by atoms with Crippen LogP contribution in [0.3, 0.4) is 0 Å². The molecule has 12 heavy (non-hydrogen) atoms. The van der Waals surface area contributed by atoms with E-state index in [-0.39, 0.29) is 5.78 Å². The first-order valence-corrected chi connectivity index (χ1v) is 4.12. The molecule has 0 heterocycles.